The molecule has 1 amide bonds. The topological polar surface area (TPSA) is 84.5 Å². The number of aryl methyl sites for hydroxylation is 1. The highest BCUT2D eigenvalue weighted by molar-refractivity contribution is 7.92. The summed E-state index contributed by atoms with van der Waals surface area (Å²) in [4.78, 5) is 12.8. The number of carbonyl (C=O) groups excluding carboxylic acids is 1. The lowest BCUT2D eigenvalue weighted by Gasteiger charge is -2.46. The first-order valence-electron chi connectivity index (χ1n) is 10.6. The molecule has 1 saturated carbocycles. The van der Waals surface area contributed by atoms with E-state index in [0.717, 1.165) is 24.1 Å². The number of hydrogen-bond donors (Lipinski definition) is 2. The van der Waals surface area contributed by atoms with E-state index < -0.39 is 33.3 Å². The summed E-state index contributed by atoms with van der Waals surface area (Å²) in [7, 11) is -3.39. The summed E-state index contributed by atoms with van der Waals surface area (Å²) < 4.78 is 71.6. The number of anilines is 2. The molecule has 174 valence electrons. The van der Waals surface area contributed by atoms with Crippen molar-refractivity contribution in [1.82, 2.24) is 0 Å². The first kappa shape index (κ1) is 21.8. The molecule has 0 aromatic heterocycles. The Hall–Kier alpha value is -3.01. The number of fused-ring (bicyclic) bond motifs is 2. The summed E-state index contributed by atoms with van der Waals surface area (Å²) >= 11 is 0. The van der Waals surface area contributed by atoms with Gasteiger partial charge in [0.05, 0.1) is 17.0 Å². The highest BCUT2D eigenvalue weighted by atomic mass is 32.2. The fourth-order valence-electron chi connectivity index (χ4n) is 4.51. The van der Waals surface area contributed by atoms with E-state index in [-0.39, 0.29) is 11.5 Å². The van der Waals surface area contributed by atoms with Gasteiger partial charge in [-0.3, -0.25) is 9.52 Å². The third-order valence-electron chi connectivity index (χ3n) is 6.35. The summed E-state index contributed by atoms with van der Waals surface area (Å²) in [5.41, 5.74) is 1.39. The van der Waals surface area contributed by atoms with Crippen LogP contribution in [-0.4, -0.2) is 25.7 Å². The summed E-state index contributed by atoms with van der Waals surface area (Å²) in [5.74, 6) is -0.305. The van der Waals surface area contributed by atoms with Gasteiger partial charge in [-0.1, -0.05) is 12.1 Å². The van der Waals surface area contributed by atoms with Crippen molar-refractivity contribution >= 4 is 32.9 Å². The van der Waals surface area contributed by atoms with E-state index in [1.54, 1.807) is 18.2 Å². The number of amides is 1. The second kappa shape index (κ2) is 7.51. The number of benzene rings is 2. The Bertz CT molecular complexity index is 1280. The summed E-state index contributed by atoms with van der Waals surface area (Å²) in [5, 5.41) is 2.73. The molecule has 1 fully saturated rings. The average Bonchev–Trinajstić information content (AvgIpc) is 2.70. The molecule has 2 aromatic carbocycles. The van der Waals surface area contributed by atoms with Crippen LogP contribution in [-0.2, 0) is 27.4 Å². The molecule has 1 aliphatic carbocycles. The Morgan fingerprint density at radius 1 is 1.15 bits per heavy atom. The smallest absolute Gasteiger partial charge is 0.416 e. The molecular weight excluding hydrogens is 457 g/mol. The lowest BCUT2D eigenvalue weighted by atomic mass is 9.72. The number of carbonyl (C=O) groups is 1. The molecule has 0 unspecified atom stereocenters. The number of rotatable bonds is 2. The van der Waals surface area contributed by atoms with Crippen LogP contribution in [0.25, 0.3) is 5.57 Å². The van der Waals surface area contributed by atoms with Crippen molar-refractivity contribution in [2.45, 2.75) is 43.9 Å². The molecule has 2 aliphatic heterocycles. The third-order valence-corrected chi connectivity index (χ3v) is 7.62. The molecule has 0 saturated heterocycles. The number of alkyl halides is 3. The van der Waals surface area contributed by atoms with Crippen molar-refractivity contribution in [1.29, 1.82) is 0 Å². The monoisotopic (exact) mass is 478 g/mol. The second-order valence-corrected chi connectivity index (χ2v) is 10.6. The minimum Gasteiger partial charge on any atom is -0.486 e. The van der Waals surface area contributed by atoms with Gasteiger partial charge in [0.15, 0.2) is 0 Å². The first-order chi connectivity index (χ1) is 15.5. The number of hydrogen-bond acceptors (Lipinski definition) is 4. The minimum absolute atomic E-state index is 0.0110. The van der Waals surface area contributed by atoms with Crippen LogP contribution in [0.2, 0.25) is 0 Å². The fourth-order valence-corrected chi connectivity index (χ4v) is 5.62. The highest BCUT2D eigenvalue weighted by Crippen LogP contribution is 2.50. The Morgan fingerprint density at radius 3 is 2.64 bits per heavy atom. The maximum atomic E-state index is 13.2. The molecular formula is C23H21F3N2O4S. The van der Waals surface area contributed by atoms with Gasteiger partial charge in [0.1, 0.15) is 11.4 Å². The normalized spacial score (nSPS) is 21.2. The molecule has 10 heteroatoms. The molecule has 0 atom stereocenters. The molecule has 2 heterocycles. The molecule has 2 N–H and O–H groups in total. The van der Waals surface area contributed by atoms with Gasteiger partial charge in [0, 0.05) is 23.7 Å². The van der Waals surface area contributed by atoms with E-state index in [4.69, 9.17) is 4.74 Å². The zero-order valence-corrected chi connectivity index (χ0v) is 18.3. The zero-order chi connectivity index (χ0) is 23.4. The molecule has 5 rings (SSSR count). The van der Waals surface area contributed by atoms with Gasteiger partial charge in [-0.25, -0.2) is 8.42 Å². The third kappa shape index (κ3) is 4.31. The summed E-state index contributed by atoms with van der Waals surface area (Å²) in [6, 6.07) is 8.33. The quantitative estimate of drug-likeness (QED) is 0.612. The molecule has 0 bridgehead atoms. The maximum Gasteiger partial charge on any atom is 0.416 e. The molecule has 33 heavy (non-hydrogen) atoms. The van der Waals surface area contributed by atoms with Crippen LogP contribution in [0.1, 0.15) is 42.4 Å². The molecule has 0 radical (unpaired) electrons. The fraction of sp³-hybridized carbons (Fsp3) is 0.348. The van der Waals surface area contributed by atoms with Crippen molar-refractivity contribution < 1.29 is 31.1 Å². The van der Waals surface area contributed by atoms with Crippen LogP contribution >= 0.6 is 0 Å². The Balaban J connectivity index is 1.43. The second-order valence-electron chi connectivity index (χ2n) is 8.73. The minimum atomic E-state index is -4.49. The molecule has 2 aromatic rings. The maximum absolute atomic E-state index is 13.2. The van der Waals surface area contributed by atoms with Gasteiger partial charge >= 0.3 is 6.18 Å². The van der Waals surface area contributed by atoms with Crippen LogP contribution in [0, 0.1) is 0 Å². The van der Waals surface area contributed by atoms with E-state index in [1.807, 2.05) is 0 Å². The van der Waals surface area contributed by atoms with Crippen LogP contribution < -0.4 is 14.8 Å². The van der Waals surface area contributed by atoms with Crippen molar-refractivity contribution in [3.8, 4) is 5.75 Å². The van der Waals surface area contributed by atoms with Gasteiger partial charge in [0.2, 0.25) is 15.9 Å². The molecule has 6 nitrogen and oxygen atoms in total. The number of nitrogens with one attached hydrogen (secondary N) is 2. The van der Waals surface area contributed by atoms with Crippen molar-refractivity contribution in [2.24, 2.45) is 0 Å². The number of ether oxygens (including phenoxy) is 1. The summed E-state index contributed by atoms with van der Waals surface area (Å²) in [6.07, 6.45) is 0.0681. The lowest BCUT2D eigenvalue weighted by Crippen LogP contribution is -2.45. The number of halogens is 3. The molecule has 1 spiro atoms. The largest absolute Gasteiger partial charge is 0.486 e. The Kier molecular flexibility index (Phi) is 4.97. The SMILES string of the molecule is O=C(/C=C1\CC2(CCC2)Oc2cc(C(F)(F)F)ccc21)Nc1ccc2c(c1)NS(=O)(=O)CC2. The van der Waals surface area contributed by atoms with Crippen LogP contribution in [0.15, 0.2) is 42.5 Å². The Morgan fingerprint density at radius 2 is 1.94 bits per heavy atom. The van der Waals surface area contributed by atoms with E-state index in [9.17, 15) is 26.4 Å². The predicted molar refractivity (Wildman–Crippen MR) is 117 cm³/mol. The van der Waals surface area contributed by atoms with Crippen molar-refractivity contribution in [2.75, 3.05) is 15.8 Å². The van der Waals surface area contributed by atoms with Gasteiger partial charge < -0.3 is 10.1 Å². The van der Waals surface area contributed by atoms with Gasteiger partial charge in [-0.2, -0.15) is 13.2 Å². The van der Waals surface area contributed by atoms with Crippen molar-refractivity contribution in [3.05, 3.63) is 59.2 Å². The van der Waals surface area contributed by atoms with Gasteiger partial charge in [-0.05, 0) is 61.1 Å². The van der Waals surface area contributed by atoms with Gasteiger partial charge in [0.25, 0.3) is 0 Å². The first-order valence-corrected chi connectivity index (χ1v) is 12.2. The van der Waals surface area contributed by atoms with Gasteiger partial charge in [-0.15, -0.1) is 0 Å². The number of sulfonamides is 1. The van der Waals surface area contributed by atoms with E-state index in [1.165, 1.54) is 12.1 Å². The summed E-state index contributed by atoms with van der Waals surface area (Å²) in [6.45, 7) is 0. The standard InChI is InChI=1S/C23H21F3N2O4S/c24-23(25,26)16-3-5-18-15(13-22(7-1-8-22)32-20(18)11-16)10-21(29)27-17-4-2-14-6-9-33(30,31)28-19(14)12-17/h2-5,10-12,28H,1,6-9,13H2,(H,27,29)/b15-10+. The van der Waals surface area contributed by atoms with Crippen LogP contribution in [0.4, 0.5) is 24.5 Å². The average molecular weight is 478 g/mol. The van der Waals surface area contributed by atoms with E-state index in [0.29, 0.717) is 48.2 Å². The molecule has 3 aliphatic rings. The predicted octanol–water partition coefficient (Wildman–Crippen LogP) is 4.73. The van der Waals surface area contributed by atoms with Crippen LogP contribution in [0.5, 0.6) is 5.75 Å². The van der Waals surface area contributed by atoms with Crippen molar-refractivity contribution in [3.63, 3.8) is 0 Å². The zero-order valence-electron chi connectivity index (χ0n) is 17.5. The lowest BCUT2D eigenvalue weighted by molar-refractivity contribution is -0.138. The highest BCUT2D eigenvalue weighted by Gasteiger charge is 2.44. The van der Waals surface area contributed by atoms with Crippen LogP contribution in [0.3, 0.4) is 0 Å². The van der Waals surface area contributed by atoms with E-state index >= 15 is 0 Å². The van der Waals surface area contributed by atoms with E-state index in [2.05, 4.69) is 10.0 Å². The Labute approximate surface area is 188 Å².